The van der Waals surface area contributed by atoms with E-state index in [9.17, 15) is 97.0 Å². The Morgan fingerprint density at radius 3 is 0.960 bits per heavy atom. The normalized spacial score (nSPS) is 49.0. The largest absolute Gasteiger partial charge is 0.394 e. The molecule has 6 saturated heterocycles. The molecule has 30 atom stereocenters. The van der Waals surface area contributed by atoms with Gasteiger partial charge in [-0.05, 0) is 6.42 Å². The van der Waals surface area contributed by atoms with E-state index in [0.717, 1.165) is 32.1 Å². The van der Waals surface area contributed by atoms with Gasteiger partial charge in [0.25, 0.3) is 0 Å². The summed E-state index contributed by atoms with van der Waals surface area (Å²) in [7, 11) is 0. The molecule has 0 radical (unpaired) electrons. The van der Waals surface area contributed by atoms with Crippen LogP contribution in [0.15, 0.2) is 0 Å². The van der Waals surface area contributed by atoms with Gasteiger partial charge >= 0.3 is 0 Å². The SMILES string of the molecule is CCCCCCCCOC1OC(COC2OC(CO)C(O)C(O)C2O)C(O)C(OC2OC(CO)C(O)C(OC3OC(COC4OC(CO)C(O)C(O)C4O)[C@@H](O)C(OC4OC(CO)C(O)C(O)C4O)C3O)C2O)C1O. The summed E-state index contributed by atoms with van der Waals surface area (Å²) >= 11 is 0. The minimum atomic E-state index is -2.25. The Balaban J connectivity index is 1.23. The second-order valence-electron chi connectivity index (χ2n) is 19.5. The fourth-order valence-corrected chi connectivity index (χ4v) is 9.49. The summed E-state index contributed by atoms with van der Waals surface area (Å²) in [5.41, 5.74) is 0. The van der Waals surface area contributed by atoms with Gasteiger partial charge < -0.3 is 154 Å². The molecule has 0 aromatic rings. The molecule has 75 heavy (non-hydrogen) atoms. The number of aliphatic hydroxyl groups excluding tert-OH is 19. The van der Waals surface area contributed by atoms with Gasteiger partial charge in [0.05, 0.1) is 39.6 Å². The van der Waals surface area contributed by atoms with Crippen LogP contribution in [0.25, 0.3) is 0 Å². The molecular formula is C44H78O31. The van der Waals surface area contributed by atoms with Crippen LogP contribution in [-0.2, 0) is 56.8 Å². The monoisotopic (exact) mass is 1100 g/mol. The first kappa shape index (κ1) is 62.9. The first-order valence-electron chi connectivity index (χ1n) is 25.1. The first-order chi connectivity index (χ1) is 35.7. The van der Waals surface area contributed by atoms with E-state index in [4.69, 9.17) is 56.8 Å². The van der Waals surface area contributed by atoms with E-state index < -0.39 is 224 Å². The smallest absolute Gasteiger partial charge is 0.187 e. The summed E-state index contributed by atoms with van der Waals surface area (Å²) in [5, 5.41) is 203. The van der Waals surface area contributed by atoms with Crippen LogP contribution in [0, 0.1) is 0 Å². The van der Waals surface area contributed by atoms with Crippen LogP contribution < -0.4 is 0 Å². The molecular weight excluding hydrogens is 1020 g/mol. The van der Waals surface area contributed by atoms with Gasteiger partial charge in [0.2, 0.25) is 0 Å². The number of hydrogen-bond donors (Lipinski definition) is 19. The Bertz CT molecular complexity index is 1640. The molecule has 6 aliphatic heterocycles. The quantitative estimate of drug-likeness (QED) is 0.0399. The highest BCUT2D eigenvalue weighted by Gasteiger charge is 2.57. The number of hydrogen-bond acceptors (Lipinski definition) is 31. The predicted molar refractivity (Wildman–Crippen MR) is 236 cm³/mol. The minimum Gasteiger partial charge on any atom is -0.394 e. The molecule has 6 aliphatic rings. The Kier molecular flexibility index (Phi) is 24.3. The van der Waals surface area contributed by atoms with Crippen molar-refractivity contribution >= 4 is 0 Å². The number of ether oxygens (including phenoxy) is 12. The van der Waals surface area contributed by atoms with Crippen molar-refractivity contribution in [3.05, 3.63) is 0 Å². The molecule has 0 aromatic heterocycles. The predicted octanol–water partition coefficient (Wildman–Crippen LogP) is -10.7. The third-order valence-electron chi connectivity index (χ3n) is 14.2. The molecule has 6 fully saturated rings. The number of rotatable bonds is 24. The summed E-state index contributed by atoms with van der Waals surface area (Å²) in [4.78, 5) is 0. The van der Waals surface area contributed by atoms with Crippen molar-refractivity contribution < 1.29 is 154 Å². The Labute approximate surface area is 429 Å². The van der Waals surface area contributed by atoms with E-state index in [0.29, 0.717) is 6.42 Å². The molecule has 0 amide bonds. The van der Waals surface area contributed by atoms with Gasteiger partial charge in [0, 0.05) is 6.61 Å². The Morgan fingerprint density at radius 2 is 0.560 bits per heavy atom. The van der Waals surface area contributed by atoms with Gasteiger partial charge in [-0.25, -0.2) is 0 Å². The minimum absolute atomic E-state index is 0.0300. The van der Waals surface area contributed by atoms with Gasteiger partial charge in [-0.2, -0.15) is 0 Å². The van der Waals surface area contributed by atoms with E-state index in [1.807, 2.05) is 0 Å². The second kappa shape index (κ2) is 29.0. The van der Waals surface area contributed by atoms with E-state index in [1.54, 1.807) is 0 Å². The fourth-order valence-electron chi connectivity index (χ4n) is 9.49. The molecule has 440 valence electrons. The van der Waals surface area contributed by atoms with Gasteiger partial charge in [-0.1, -0.05) is 39.0 Å². The fraction of sp³-hybridized carbons (Fsp3) is 1.00. The molecule has 29 unspecified atom stereocenters. The number of unbranched alkanes of at least 4 members (excludes halogenated alkanes) is 5. The van der Waals surface area contributed by atoms with E-state index in [2.05, 4.69) is 6.92 Å². The summed E-state index contributed by atoms with van der Waals surface area (Å²) in [5.74, 6) is 0. The summed E-state index contributed by atoms with van der Waals surface area (Å²) in [6, 6.07) is 0. The maximum absolute atomic E-state index is 11.9. The number of aliphatic hydroxyl groups is 19. The lowest BCUT2D eigenvalue weighted by molar-refractivity contribution is -0.394. The summed E-state index contributed by atoms with van der Waals surface area (Å²) in [6.07, 6.45) is -51.1. The van der Waals surface area contributed by atoms with E-state index >= 15 is 0 Å². The summed E-state index contributed by atoms with van der Waals surface area (Å²) < 4.78 is 68.4. The second-order valence-corrected chi connectivity index (χ2v) is 19.5. The van der Waals surface area contributed by atoms with Crippen LogP contribution in [0.4, 0.5) is 0 Å². The van der Waals surface area contributed by atoms with Crippen molar-refractivity contribution in [2.75, 3.05) is 46.2 Å². The lowest BCUT2D eigenvalue weighted by atomic mass is 9.95. The highest BCUT2D eigenvalue weighted by molar-refractivity contribution is 4.99. The van der Waals surface area contributed by atoms with Gasteiger partial charge in [0.15, 0.2) is 37.7 Å². The summed E-state index contributed by atoms with van der Waals surface area (Å²) in [6.45, 7) is -3.04. The van der Waals surface area contributed by atoms with E-state index in [-0.39, 0.29) is 6.61 Å². The molecule has 6 rings (SSSR count). The molecule has 6 heterocycles. The molecule has 31 nitrogen and oxygen atoms in total. The van der Waals surface area contributed by atoms with Gasteiger partial charge in [-0.15, -0.1) is 0 Å². The van der Waals surface area contributed by atoms with Crippen LogP contribution in [0.2, 0.25) is 0 Å². The molecule has 0 spiro atoms. The van der Waals surface area contributed by atoms with E-state index in [1.165, 1.54) is 0 Å². The van der Waals surface area contributed by atoms with Gasteiger partial charge in [-0.3, -0.25) is 0 Å². The zero-order chi connectivity index (χ0) is 55.0. The first-order valence-corrected chi connectivity index (χ1v) is 25.1. The standard InChI is InChI=1S/C44H78O31/c1-2-3-4-5-6-7-8-64-41-33(61)37(25(53)19(71-41)13-65-39-30(58)27(55)21(49)15(9-45)67-39)75-43-34(62)36(24(52)18(12-48)70-43)74-44-35(63)38(73-42-32(60)29(57)23(51)17(11-47)69-42)26(54)20(72-44)14-66-40-31(59)28(56)22(50)16(10-46)68-40/h15-63H,2-14H2,1H3/t15?,16?,17?,18?,19?,20?,21?,22?,23?,24?,25?,26-,27?,28?,29?,30?,31?,32?,33?,34?,35?,36?,37?,38?,39?,40?,41?,42?,43?,44?/m1/s1. The highest BCUT2D eigenvalue weighted by atomic mass is 16.8. The molecule has 31 heteroatoms. The third kappa shape index (κ3) is 14.6. The molecule has 0 aliphatic carbocycles. The van der Waals surface area contributed by atoms with Crippen molar-refractivity contribution in [2.24, 2.45) is 0 Å². The van der Waals surface area contributed by atoms with Crippen LogP contribution >= 0.6 is 0 Å². The topological polar surface area (TPSA) is 495 Å². The van der Waals surface area contributed by atoms with Crippen molar-refractivity contribution in [3.63, 3.8) is 0 Å². The third-order valence-corrected chi connectivity index (χ3v) is 14.2. The molecule has 19 N–H and O–H groups in total. The lowest BCUT2D eigenvalue weighted by Crippen LogP contribution is -2.68. The molecule has 0 saturated carbocycles. The lowest BCUT2D eigenvalue weighted by Gasteiger charge is -2.49. The average molecular weight is 1100 g/mol. The van der Waals surface area contributed by atoms with Crippen LogP contribution in [-0.4, -0.2) is 328 Å². The van der Waals surface area contributed by atoms with Crippen molar-refractivity contribution in [1.82, 2.24) is 0 Å². The van der Waals surface area contributed by atoms with Crippen LogP contribution in [0.5, 0.6) is 0 Å². The maximum Gasteiger partial charge on any atom is 0.187 e. The van der Waals surface area contributed by atoms with Crippen molar-refractivity contribution in [1.29, 1.82) is 0 Å². The zero-order valence-corrected chi connectivity index (χ0v) is 40.9. The molecule has 0 aromatic carbocycles. The highest BCUT2D eigenvalue weighted by Crippen LogP contribution is 2.36. The zero-order valence-electron chi connectivity index (χ0n) is 40.9. The van der Waals surface area contributed by atoms with Crippen molar-refractivity contribution in [2.45, 2.75) is 230 Å². The molecule has 0 bridgehead atoms. The Hall–Kier alpha value is -1.24. The Morgan fingerprint density at radius 1 is 0.280 bits per heavy atom. The maximum atomic E-state index is 11.9. The van der Waals surface area contributed by atoms with Crippen LogP contribution in [0.3, 0.4) is 0 Å². The van der Waals surface area contributed by atoms with Crippen molar-refractivity contribution in [3.8, 4) is 0 Å². The van der Waals surface area contributed by atoms with Gasteiger partial charge in [0.1, 0.15) is 146 Å². The van der Waals surface area contributed by atoms with Crippen LogP contribution in [0.1, 0.15) is 45.4 Å². The average Bonchev–Trinajstić information content (AvgIpc) is 3.40.